The first-order chi connectivity index (χ1) is 11.0. The fourth-order valence-corrected chi connectivity index (χ4v) is 4.68. The minimum atomic E-state index is -0.0463. The highest BCUT2D eigenvalue weighted by Gasteiger charge is 2.50. The molecule has 3 atom stereocenters. The molecule has 3 unspecified atom stereocenters. The second-order valence-electron chi connectivity index (χ2n) is 7.39. The zero-order valence-electron chi connectivity index (χ0n) is 14.2. The summed E-state index contributed by atoms with van der Waals surface area (Å²) in [5.74, 6) is 0.479. The second-order valence-corrected chi connectivity index (χ2v) is 7.84. The molecule has 2 heterocycles. The summed E-state index contributed by atoms with van der Waals surface area (Å²) in [6, 6.07) is 10.7. The predicted molar refractivity (Wildman–Crippen MR) is 94.4 cm³/mol. The third-order valence-electron chi connectivity index (χ3n) is 5.79. The Hall–Kier alpha value is -0.900. The molecule has 0 aromatic heterocycles. The summed E-state index contributed by atoms with van der Waals surface area (Å²) in [6.45, 7) is 10.4. The van der Waals surface area contributed by atoms with E-state index < -0.39 is 0 Å². The van der Waals surface area contributed by atoms with Gasteiger partial charge in [0.15, 0.2) is 11.3 Å². The number of quaternary nitrogens is 1. The van der Waals surface area contributed by atoms with Gasteiger partial charge in [-0.1, -0.05) is 48.9 Å². The van der Waals surface area contributed by atoms with E-state index in [1.807, 2.05) is 6.92 Å². The first-order valence-corrected chi connectivity index (χ1v) is 9.25. The van der Waals surface area contributed by atoms with Crippen molar-refractivity contribution in [3.63, 3.8) is 0 Å². The summed E-state index contributed by atoms with van der Waals surface area (Å²) in [4.78, 5) is 14.7. The maximum absolute atomic E-state index is 12.2. The van der Waals surface area contributed by atoms with Crippen LogP contribution in [-0.2, 0) is 11.2 Å². The maximum atomic E-state index is 12.2. The number of halogens is 1. The predicted octanol–water partition coefficient (Wildman–Crippen LogP) is 2.78. The van der Waals surface area contributed by atoms with Crippen LogP contribution in [0.3, 0.4) is 0 Å². The van der Waals surface area contributed by atoms with Crippen molar-refractivity contribution in [2.45, 2.75) is 25.8 Å². The Morgan fingerprint density at radius 1 is 1.17 bits per heavy atom. The number of benzene rings is 1. The summed E-state index contributed by atoms with van der Waals surface area (Å²) in [6.07, 6.45) is 1.11. The van der Waals surface area contributed by atoms with E-state index in [-0.39, 0.29) is 17.3 Å². The van der Waals surface area contributed by atoms with E-state index in [9.17, 15) is 4.79 Å². The van der Waals surface area contributed by atoms with E-state index in [0.29, 0.717) is 5.78 Å². The molecule has 0 amide bonds. The molecule has 0 saturated carbocycles. The number of carbonyl (C=O) groups is 1. The van der Waals surface area contributed by atoms with Gasteiger partial charge in [0.25, 0.3) is 0 Å². The lowest BCUT2D eigenvalue weighted by Gasteiger charge is -2.52. The van der Waals surface area contributed by atoms with Crippen molar-refractivity contribution in [1.82, 2.24) is 4.90 Å². The first kappa shape index (κ1) is 16.9. The summed E-state index contributed by atoms with van der Waals surface area (Å²) in [5, 5.41) is 0. The fraction of sp³-hybridized carbons (Fsp3) is 0.632. The second kappa shape index (κ2) is 6.92. The molecule has 0 aliphatic carbocycles. The number of piperidine rings is 1. The van der Waals surface area contributed by atoms with Crippen LogP contribution in [0.15, 0.2) is 30.3 Å². The van der Waals surface area contributed by atoms with Gasteiger partial charge < -0.3 is 4.48 Å². The Balaban J connectivity index is 1.56. The van der Waals surface area contributed by atoms with Gasteiger partial charge in [-0.2, -0.15) is 0 Å². The number of nitrogens with zero attached hydrogens (tertiary/aromatic N) is 2. The number of Topliss-reactive ketones (excluding diaryl/α,β-unsaturated/α-hetero) is 1. The zero-order valence-corrected chi connectivity index (χ0v) is 15.0. The van der Waals surface area contributed by atoms with E-state index >= 15 is 0 Å². The number of alkyl halides is 1. The van der Waals surface area contributed by atoms with E-state index in [0.717, 1.165) is 50.2 Å². The lowest BCUT2D eigenvalue weighted by atomic mass is 9.87. The van der Waals surface area contributed by atoms with Gasteiger partial charge in [0.05, 0.1) is 31.5 Å². The molecule has 4 heteroatoms. The van der Waals surface area contributed by atoms with Crippen LogP contribution in [0.25, 0.3) is 0 Å². The van der Waals surface area contributed by atoms with Crippen molar-refractivity contribution in [2.75, 3.05) is 39.3 Å². The van der Waals surface area contributed by atoms with Gasteiger partial charge in [-0.25, -0.2) is 0 Å². The molecule has 23 heavy (non-hydrogen) atoms. The van der Waals surface area contributed by atoms with E-state index in [1.165, 1.54) is 5.56 Å². The van der Waals surface area contributed by atoms with Crippen molar-refractivity contribution in [3.05, 3.63) is 35.9 Å². The van der Waals surface area contributed by atoms with Crippen molar-refractivity contribution >= 4 is 17.4 Å². The molecule has 2 saturated heterocycles. The molecule has 3 rings (SSSR count). The van der Waals surface area contributed by atoms with Gasteiger partial charge in [-0.3, -0.25) is 9.69 Å². The molecule has 2 aliphatic heterocycles. The Bertz CT molecular complexity index is 540. The van der Waals surface area contributed by atoms with Crippen LogP contribution in [0.2, 0.25) is 0 Å². The molecule has 0 bridgehead atoms. The monoisotopic (exact) mass is 335 g/mol. The van der Waals surface area contributed by atoms with Gasteiger partial charge in [0, 0.05) is 19.6 Å². The third kappa shape index (κ3) is 3.47. The lowest BCUT2D eigenvalue weighted by molar-refractivity contribution is -0.949. The van der Waals surface area contributed by atoms with Crippen LogP contribution in [0.4, 0.5) is 0 Å². The van der Waals surface area contributed by atoms with Gasteiger partial charge in [0.1, 0.15) is 0 Å². The quantitative estimate of drug-likeness (QED) is 0.481. The molecule has 126 valence electrons. The van der Waals surface area contributed by atoms with Crippen LogP contribution < -0.4 is 0 Å². The summed E-state index contributed by atoms with van der Waals surface area (Å²) in [5.41, 5.74) is 1.36. The number of hydrogen-bond donors (Lipinski definition) is 0. The van der Waals surface area contributed by atoms with E-state index in [4.69, 9.17) is 11.6 Å². The van der Waals surface area contributed by atoms with Crippen LogP contribution in [0, 0.1) is 11.8 Å². The first-order valence-electron chi connectivity index (χ1n) is 8.82. The lowest BCUT2D eigenvalue weighted by Crippen LogP contribution is -2.69. The Kier molecular flexibility index (Phi) is 5.10. The van der Waals surface area contributed by atoms with Gasteiger partial charge in [-0.05, 0) is 18.9 Å². The number of rotatable bonds is 3. The normalized spacial score (nSPS) is 31.4. The van der Waals surface area contributed by atoms with Crippen molar-refractivity contribution < 1.29 is 9.28 Å². The maximum Gasteiger partial charge on any atom is 0.174 e. The standard InChI is InChI=1S/C19H28ClN2O/c1-15-14-22(19(20)16(2)18(15)23)12-10-21(11-13-22)9-8-17-6-4-3-5-7-17/h3-7,15-16,19H,8-14H2,1-2H3/q+1. The van der Waals surface area contributed by atoms with Gasteiger partial charge in [-0.15, -0.1) is 0 Å². The Morgan fingerprint density at radius 2 is 1.83 bits per heavy atom. The number of hydrogen-bond acceptors (Lipinski definition) is 2. The van der Waals surface area contributed by atoms with Crippen LogP contribution in [0.1, 0.15) is 19.4 Å². The number of piperazine rings is 1. The fourth-order valence-electron chi connectivity index (χ4n) is 4.28. The largest absolute Gasteiger partial charge is 0.305 e. The molecule has 3 nitrogen and oxygen atoms in total. The molecule has 0 radical (unpaired) electrons. The van der Waals surface area contributed by atoms with Crippen molar-refractivity contribution in [2.24, 2.45) is 11.8 Å². The zero-order chi connectivity index (χ0) is 16.4. The minimum Gasteiger partial charge on any atom is -0.305 e. The number of carbonyl (C=O) groups excluding carboxylic acids is 1. The minimum absolute atomic E-state index is 0.0173. The molecule has 2 aliphatic rings. The van der Waals surface area contributed by atoms with Crippen LogP contribution in [-0.4, -0.2) is 59.9 Å². The molecular formula is C19H28ClN2O+. The van der Waals surface area contributed by atoms with Gasteiger partial charge >= 0.3 is 0 Å². The molecule has 1 aromatic rings. The van der Waals surface area contributed by atoms with E-state index in [2.05, 4.69) is 42.2 Å². The Morgan fingerprint density at radius 3 is 2.48 bits per heavy atom. The number of ketones is 1. The van der Waals surface area contributed by atoms with Crippen LogP contribution in [0.5, 0.6) is 0 Å². The van der Waals surface area contributed by atoms with Crippen LogP contribution >= 0.6 is 11.6 Å². The summed E-state index contributed by atoms with van der Waals surface area (Å²) < 4.78 is 0.928. The SMILES string of the molecule is CC1C[N+]2(CCN(CCc3ccccc3)CC2)C(Cl)C(C)C1=O. The molecule has 1 aromatic carbocycles. The van der Waals surface area contributed by atoms with Gasteiger partial charge in [0.2, 0.25) is 0 Å². The smallest absolute Gasteiger partial charge is 0.174 e. The van der Waals surface area contributed by atoms with E-state index in [1.54, 1.807) is 0 Å². The highest BCUT2D eigenvalue weighted by molar-refractivity contribution is 6.21. The topological polar surface area (TPSA) is 20.3 Å². The summed E-state index contributed by atoms with van der Waals surface area (Å²) >= 11 is 6.72. The average Bonchev–Trinajstić information content (AvgIpc) is 2.59. The van der Waals surface area contributed by atoms with Crippen molar-refractivity contribution in [1.29, 1.82) is 0 Å². The highest BCUT2D eigenvalue weighted by Crippen LogP contribution is 2.35. The van der Waals surface area contributed by atoms with Crippen molar-refractivity contribution in [3.8, 4) is 0 Å². The molecule has 2 fully saturated rings. The molecule has 1 spiro atoms. The third-order valence-corrected chi connectivity index (χ3v) is 6.58. The average molecular weight is 336 g/mol. The Labute approximate surface area is 144 Å². The highest BCUT2D eigenvalue weighted by atomic mass is 35.5. The summed E-state index contributed by atoms with van der Waals surface area (Å²) in [7, 11) is 0. The molecular weight excluding hydrogens is 308 g/mol. The molecule has 0 N–H and O–H groups in total.